The zero-order valence-electron chi connectivity index (χ0n) is 7.62. The van der Waals surface area contributed by atoms with Gasteiger partial charge in [0.05, 0.1) is 5.69 Å². The molecule has 0 aliphatic rings. The second-order valence-corrected chi connectivity index (χ2v) is 2.55. The molecule has 0 heterocycles. The van der Waals surface area contributed by atoms with Crippen LogP contribution in [0.2, 0.25) is 0 Å². The van der Waals surface area contributed by atoms with Crippen LogP contribution < -0.4 is 0 Å². The molecule has 0 atom stereocenters. The van der Waals surface area contributed by atoms with Crippen LogP contribution in [0.3, 0.4) is 0 Å². The Hall–Kier alpha value is -1.78. The molecule has 0 saturated carbocycles. The van der Waals surface area contributed by atoms with Crippen LogP contribution >= 0.6 is 0 Å². The van der Waals surface area contributed by atoms with Gasteiger partial charge in [-0.05, 0) is 22.6 Å². The molecule has 0 spiro atoms. The average Bonchev–Trinajstić information content (AvgIpc) is 2.14. The highest BCUT2D eigenvalue weighted by molar-refractivity contribution is 5.34. The summed E-state index contributed by atoms with van der Waals surface area (Å²) >= 11 is 0. The van der Waals surface area contributed by atoms with Gasteiger partial charge in [0, 0.05) is 14.1 Å². The summed E-state index contributed by atoms with van der Waals surface area (Å²) in [5.41, 5.74) is 0.764. The Kier molecular flexibility index (Phi) is 3.56. The molecule has 0 unspecified atom stereocenters. The van der Waals surface area contributed by atoms with Gasteiger partial charge in [-0.3, -0.25) is 5.01 Å². The Morgan fingerprint density at radius 3 is 2.31 bits per heavy atom. The zero-order chi connectivity index (χ0) is 9.52. The molecule has 0 amide bonds. The van der Waals surface area contributed by atoms with Crippen LogP contribution in [0.25, 0.3) is 0 Å². The average molecular weight is 177 g/mol. The SMILES string of the molecule is CN(C)/N=N/N=Nc1ccccc1. The Labute approximate surface area is 76.8 Å². The first kappa shape index (κ1) is 9.31. The van der Waals surface area contributed by atoms with E-state index in [0.29, 0.717) is 0 Å². The van der Waals surface area contributed by atoms with Gasteiger partial charge >= 0.3 is 0 Å². The molecule has 0 aromatic heterocycles. The van der Waals surface area contributed by atoms with Crippen LogP contribution in [0.4, 0.5) is 5.69 Å². The molecule has 0 bridgehead atoms. The van der Waals surface area contributed by atoms with Crippen molar-refractivity contribution in [2.24, 2.45) is 20.8 Å². The number of hydrogen-bond donors (Lipinski definition) is 0. The van der Waals surface area contributed by atoms with E-state index in [4.69, 9.17) is 0 Å². The molecule has 0 saturated heterocycles. The highest BCUT2D eigenvalue weighted by Gasteiger charge is 1.82. The Balaban J connectivity index is 2.50. The van der Waals surface area contributed by atoms with Crippen molar-refractivity contribution in [3.05, 3.63) is 30.3 Å². The van der Waals surface area contributed by atoms with Crippen LogP contribution in [0, 0.1) is 0 Å². The van der Waals surface area contributed by atoms with E-state index >= 15 is 0 Å². The third kappa shape index (κ3) is 3.95. The maximum atomic E-state index is 3.82. The van der Waals surface area contributed by atoms with Gasteiger partial charge in [-0.25, -0.2) is 0 Å². The molecule has 5 heteroatoms. The van der Waals surface area contributed by atoms with E-state index in [1.807, 2.05) is 30.3 Å². The van der Waals surface area contributed by atoms with Gasteiger partial charge in [0.15, 0.2) is 0 Å². The lowest BCUT2D eigenvalue weighted by molar-refractivity contribution is 0.398. The van der Waals surface area contributed by atoms with E-state index in [2.05, 4.69) is 20.8 Å². The Morgan fingerprint density at radius 1 is 1.00 bits per heavy atom. The summed E-state index contributed by atoms with van der Waals surface area (Å²) in [6, 6.07) is 9.37. The summed E-state index contributed by atoms with van der Waals surface area (Å²) in [7, 11) is 3.53. The second kappa shape index (κ2) is 4.97. The van der Waals surface area contributed by atoms with Crippen LogP contribution in [0.15, 0.2) is 51.1 Å². The van der Waals surface area contributed by atoms with Crippen molar-refractivity contribution in [2.45, 2.75) is 0 Å². The molecule has 13 heavy (non-hydrogen) atoms. The van der Waals surface area contributed by atoms with Crippen LogP contribution in [-0.4, -0.2) is 19.1 Å². The topological polar surface area (TPSA) is 52.7 Å². The molecule has 0 aliphatic heterocycles. The Bertz CT molecular complexity index is 291. The normalized spacial score (nSPS) is 11.2. The van der Waals surface area contributed by atoms with Crippen molar-refractivity contribution in [2.75, 3.05) is 14.1 Å². The summed E-state index contributed by atoms with van der Waals surface area (Å²) in [5, 5.41) is 16.0. The van der Waals surface area contributed by atoms with E-state index in [1.165, 1.54) is 0 Å². The van der Waals surface area contributed by atoms with Crippen molar-refractivity contribution in [1.82, 2.24) is 5.01 Å². The molecule has 0 radical (unpaired) electrons. The standard InChI is InChI=1S/C8H11N5/c1-13(2)12-11-10-9-8-6-4-3-5-7-8/h3-7H,1-2H3/b10-9?,12-11+. The Morgan fingerprint density at radius 2 is 1.69 bits per heavy atom. The van der Waals surface area contributed by atoms with Crippen LogP contribution in [-0.2, 0) is 0 Å². The van der Waals surface area contributed by atoms with Crippen LogP contribution in [0.1, 0.15) is 0 Å². The summed E-state index contributed by atoms with van der Waals surface area (Å²) in [6.45, 7) is 0. The van der Waals surface area contributed by atoms with E-state index in [9.17, 15) is 0 Å². The van der Waals surface area contributed by atoms with Crippen molar-refractivity contribution in [1.29, 1.82) is 0 Å². The van der Waals surface area contributed by atoms with Gasteiger partial charge in [-0.1, -0.05) is 23.4 Å². The fraction of sp³-hybridized carbons (Fsp3) is 0.250. The lowest BCUT2D eigenvalue weighted by atomic mass is 10.3. The zero-order valence-corrected chi connectivity index (χ0v) is 7.62. The summed E-state index contributed by atoms with van der Waals surface area (Å²) in [4.78, 5) is 0. The third-order valence-electron chi connectivity index (χ3n) is 1.18. The second-order valence-electron chi connectivity index (χ2n) is 2.55. The van der Waals surface area contributed by atoms with Gasteiger partial charge in [0.25, 0.3) is 0 Å². The van der Waals surface area contributed by atoms with E-state index < -0.39 is 0 Å². The van der Waals surface area contributed by atoms with Gasteiger partial charge in [-0.2, -0.15) is 0 Å². The molecule has 0 fully saturated rings. The molecule has 1 aromatic rings. The van der Waals surface area contributed by atoms with Crippen molar-refractivity contribution in [3.63, 3.8) is 0 Å². The van der Waals surface area contributed by atoms with Crippen molar-refractivity contribution >= 4 is 5.69 Å². The monoisotopic (exact) mass is 177 g/mol. The van der Waals surface area contributed by atoms with E-state index in [-0.39, 0.29) is 0 Å². The van der Waals surface area contributed by atoms with E-state index in [0.717, 1.165) is 5.69 Å². The maximum absolute atomic E-state index is 3.82. The predicted octanol–water partition coefficient (Wildman–Crippen LogP) is 2.61. The summed E-state index contributed by atoms with van der Waals surface area (Å²) < 4.78 is 0. The predicted molar refractivity (Wildman–Crippen MR) is 49.5 cm³/mol. The highest BCUT2D eigenvalue weighted by Crippen LogP contribution is 2.09. The summed E-state index contributed by atoms with van der Waals surface area (Å²) in [6.07, 6.45) is 0. The molecule has 5 nitrogen and oxygen atoms in total. The first-order valence-corrected chi connectivity index (χ1v) is 3.83. The minimum Gasteiger partial charge on any atom is -0.283 e. The molecular formula is C8H11N5. The molecule has 68 valence electrons. The first-order valence-electron chi connectivity index (χ1n) is 3.83. The van der Waals surface area contributed by atoms with Gasteiger partial charge < -0.3 is 0 Å². The molecule has 0 N–H and O–H groups in total. The van der Waals surface area contributed by atoms with Crippen molar-refractivity contribution in [3.8, 4) is 0 Å². The molecule has 0 aliphatic carbocycles. The third-order valence-corrected chi connectivity index (χ3v) is 1.18. The molecule has 1 aromatic carbocycles. The first-order chi connectivity index (χ1) is 6.29. The van der Waals surface area contributed by atoms with Crippen molar-refractivity contribution < 1.29 is 0 Å². The van der Waals surface area contributed by atoms with Gasteiger partial charge in [0.2, 0.25) is 0 Å². The summed E-state index contributed by atoms with van der Waals surface area (Å²) in [5.74, 6) is 0. The lowest BCUT2D eigenvalue weighted by Gasteiger charge is -1.96. The van der Waals surface area contributed by atoms with E-state index in [1.54, 1.807) is 19.1 Å². The molecular weight excluding hydrogens is 166 g/mol. The molecule has 1 rings (SSSR count). The number of hydrogen-bond acceptors (Lipinski definition) is 2. The minimum absolute atomic E-state index is 0.764. The number of nitrogens with zero attached hydrogens (tertiary/aromatic N) is 5. The van der Waals surface area contributed by atoms with Gasteiger partial charge in [-0.15, -0.1) is 5.11 Å². The fourth-order valence-corrected chi connectivity index (χ4v) is 0.664. The quantitative estimate of drug-likeness (QED) is 0.517. The largest absolute Gasteiger partial charge is 0.283 e. The maximum Gasteiger partial charge on any atom is 0.0875 e. The van der Waals surface area contributed by atoms with Crippen LogP contribution in [0.5, 0.6) is 0 Å². The lowest BCUT2D eigenvalue weighted by Crippen LogP contribution is -1.98. The minimum atomic E-state index is 0.764. The number of rotatable bonds is 3. The fourth-order valence-electron chi connectivity index (χ4n) is 0.664. The van der Waals surface area contributed by atoms with Gasteiger partial charge in [0.1, 0.15) is 0 Å². The smallest absolute Gasteiger partial charge is 0.0875 e. The number of benzene rings is 1. The highest BCUT2D eigenvalue weighted by atomic mass is 15.6.